The van der Waals surface area contributed by atoms with E-state index in [4.69, 9.17) is 9.47 Å². The molecule has 19 heavy (non-hydrogen) atoms. The van der Waals surface area contributed by atoms with Gasteiger partial charge in [0, 0.05) is 11.8 Å². The highest BCUT2D eigenvalue weighted by Gasteiger charge is 2.29. The van der Waals surface area contributed by atoms with Gasteiger partial charge in [0.2, 0.25) is 0 Å². The lowest BCUT2D eigenvalue weighted by atomic mass is 9.89. The molecule has 1 aliphatic heterocycles. The smallest absolute Gasteiger partial charge is 0.160 e. The molecule has 2 rings (SSSR count). The van der Waals surface area contributed by atoms with E-state index in [1.54, 1.807) is 0 Å². The summed E-state index contributed by atoms with van der Waals surface area (Å²) in [6.45, 7) is 3.61. The Kier molecular flexibility index (Phi) is 6.32. The van der Waals surface area contributed by atoms with Crippen LogP contribution in [0.25, 0.3) is 0 Å². The molecule has 3 heteroatoms. The van der Waals surface area contributed by atoms with Gasteiger partial charge in [-0.25, -0.2) is 4.39 Å². The van der Waals surface area contributed by atoms with Gasteiger partial charge in [0.1, 0.15) is 6.67 Å². The molecule has 0 saturated carbocycles. The van der Waals surface area contributed by atoms with Crippen LogP contribution in [-0.4, -0.2) is 26.2 Å². The number of rotatable bonds is 6. The van der Waals surface area contributed by atoms with Crippen molar-refractivity contribution in [2.24, 2.45) is 11.8 Å². The predicted molar refractivity (Wildman–Crippen MR) is 74.7 cm³/mol. The molecule has 1 unspecified atom stereocenters. The van der Waals surface area contributed by atoms with E-state index in [1.165, 1.54) is 25.7 Å². The van der Waals surface area contributed by atoms with Gasteiger partial charge >= 0.3 is 0 Å². The van der Waals surface area contributed by atoms with Gasteiger partial charge in [-0.05, 0) is 31.3 Å². The first kappa shape index (κ1) is 15.0. The molecular formula is C16H27FO2. The number of allylic oxidation sites excluding steroid dienone is 2. The topological polar surface area (TPSA) is 18.5 Å². The summed E-state index contributed by atoms with van der Waals surface area (Å²) in [6.07, 6.45) is 9.83. The fourth-order valence-electron chi connectivity index (χ4n) is 2.96. The molecule has 1 aliphatic carbocycles. The SMILES string of the molecule is CCCCCC1COC(C2CC=C(CF)CC2)OC1. The van der Waals surface area contributed by atoms with Gasteiger partial charge in [0.15, 0.2) is 6.29 Å². The van der Waals surface area contributed by atoms with Crippen molar-refractivity contribution in [1.82, 2.24) is 0 Å². The Labute approximate surface area is 116 Å². The summed E-state index contributed by atoms with van der Waals surface area (Å²) in [5, 5.41) is 0. The highest BCUT2D eigenvalue weighted by atomic mass is 19.1. The second-order valence-electron chi connectivity index (χ2n) is 5.93. The summed E-state index contributed by atoms with van der Waals surface area (Å²) < 4.78 is 24.3. The average molecular weight is 270 g/mol. The number of hydrogen-bond acceptors (Lipinski definition) is 2. The van der Waals surface area contributed by atoms with Crippen molar-refractivity contribution in [3.05, 3.63) is 11.6 Å². The van der Waals surface area contributed by atoms with Crippen molar-refractivity contribution in [2.75, 3.05) is 19.9 Å². The van der Waals surface area contributed by atoms with Crippen molar-refractivity contribution in [3.8, 4) is 0 Å². The number of alkyl halides is 1. The number of ether oxygens (including phenoxy) is 2. The van der Waals surface area contributed by atoms with Crippen LogP contribution in [0.4, 0.5) is 4.39 Å². The third kappa shape index (κ3) is 4.57. The molecule has 0 aromatic rings. The van der Waals surface area contributed by atoms with Crippen LogP contribution in [0, 0.1) is 11.8 Å². The molecule has 1 fully saturated rings. The zero-order valence-electron chi connectivity index (χ0n) is 12.1. The van der Waals surface area contributed by atoms with E-state index in [0.29, 0.717) is 11.8 Å². The Morgan fingerprint density at radius 1 is 1.26 bits per heavy atom. The highest BCUT2D eigenvalue weighted by Crippen LogP contribution is 2.31. The van der Waals surface area contributed by atoms with Gasteiger partial charge in [0.05, 0.1) is 13.2 Å². The summed E-state index contributed by atoms with van der Waals surface area (Å²) in [5.41, 5.74) is 0.949. The van der Waals surface area contributed by atoms with E-state index in [0.717, 1.165) is 38.0 Å². The van der Waals surface area contributed by atoms with Crippen LogP contribution in [0.1, 0.15) is 51.9 Å². The van der Waals surface area contributed by atoms with Gasteiger partial charge in [-0.1, -0.05) is 32.3 Å². The first-order valence-electron chi connectivity index (χ1n) is 7.80. The molecule has 0 N–H and O–H groups in total. The summed E-state index contributed by atoms with van der Waals surface area (Å²) in [5.74, 6) is 0.996. The molecule has 0 amide bonds. The molecule has 0 bridgehead atoms. The minimum atomic E-state index is -0.293. The molecule has 1 heterocycles. The largest absolute Gasteiger partial charge is 0.352 e. The monoisotopic (exact) mass is 270 g/mol. The van der Waals surface area contributed by atoms with E-state index in [1.807, 2.05) is 6.08 Å². The zero-order chi connectivity index (χ0) is 13.5. The van der Waals surface area contributed by atoms with Crippen LogP contribution in [0.3, 0.4) is 0 Å². The number of halogens is 1. The molecular weight excluding hydrogens is 243 g/mol. The van der Waals surface area contributed by atoms with Crippen LogP contribution in [0.15, 0.2) is 11.6 Å². The summed E-state index contributed by atoms with van der Waals surface area (Å²) in [6, 6.07) is 0. The normalized spacial score (nSPS) is 32.1. The maximum absolute atomic E-state index is 12.5. The van der Waals surface area contributed by atoms with Crippen molar-refractivity contribution in [3.63, 3.8) is 0 Å². The minimum absolute atomic E-state index is 0.0557. The van der Waals surface area contributed by atoms with Crippen LogP contribution >= 0.6 is 0 Å². The van der Waals surface area contributed by atoms with E-state index >= 15 is 0 Å². The first-order valence-corrected chi connectivity index (χ1v) is 7.80. The third-order valence-corrected chi connectivity index (χ3v) is 4.31. The molecule has 110 valence electrons. The van der Waals surface area contributed by atoms with Crippen molar-refractivity contribution in [1.29, 1.82) is 0 Å². The first-order chi connectivity index (χ1) is 9.33. The Bertz CT molecular complexity index is 282. The maximum Gasteiger partial charge on any atom is 0.160 e. The van der Waals surface area contributed by atoms with Crippen LogP contribution in [-0.2, 0) is 9.47 Å². The lowest BCUT2D eigenvalue weighted by molar-refractivity contribution is -0.226. The summed E-state index contributed by atoms with van der Waals surface area (Å²) >= 11 is 0. The van der Waals surface area contributed by atoms with Crippen molar-refractivity contribution >= 4 is 0 Å². The van der Waals surface area contributed by atoms with E-state index in [2.05, 4.69) is 6.92 Å². The maximum atomic E-state index is 12.5. The molecule has 0 aromatic carbocycles. The van der Waals surface area contributed by atoms with Crippen molar-refractivity contribution < 1.29 is 13.9 Å². The van der Waals surface area contributed by atoms with Gasteiger partial charge in [0.25, 0.3) is 0 Å². The lowest BCUT2D eigenvalue weighted by Gasteiger charge is -2.35. The second-order valence-corrected chi connectivity index (χ2v) is 5.93. The van der Waals surface area contributed by atoms with E-state index in [9.17, 15) is 4.39 Å². The second kappa shape index (κ2) is 8.01. The fourth-order valence-corrected chi connectivity index (χ4v) is 2.96. The number of hydrogen-bond donors (Lipinski definition) is 0. The Hall–Kier alpha value is -0.410. The summed E-state index contributed by atoms with van der Waals surface area (Å²) in [4.78, 5) is 0. The van der Waals surface area contributed by atoms with Gasteiger partial charge in [-0.15, -0.1) is 0 Å². The summed E-state index contributed by atoms with van der Waals surface area (Å²) in [7, 11) is 0. The highest BCUT2D eigenvalue weighted by molar-refractivity contribution is 5.07. The Morgan fingerprint density at radius 2 is 2.05 bits per heavy atom. The minimum Gasteiger partial charge on any atom is -0.352 e. The third-order valence-electron chi connectivity index (χ3n) is 4.31. The predicted octanol–water partition coefficient (Wildman–Crippen LogP) is 4.25. The van der Waals surface area contributed by atoms with E-state index in [-0.39, 0.29) is 13.0 Å². The van der Waals surface area contributed by atoms with Gasteiger partial charge in [-0.3, -0.25) is 0 Å². The van der Waals surface area contributed by atoms with Crippen LogP contribution in [0.5, 0.6) is 0 Å². The number of unbranched alkanes of at least 4 members (excludes halogenated alkanes) is 2. The quantitative estimate of drug-likeness (QED) is 0.530. The lowest BCUT2D eigenvalue weighted by Crippen LogP contribution is -2.37. The molecule has 1 saturated heterocycles. The Morgan fingerprint density at radius 3 is 2.63 bits per heavy atom. The van der Waals surface area contributed by atoms with E-state index < -0.39 is 0 Å². The molecule has 0 aromatic heterocycles. The standard InChI is InChI=1S/C16H27FO2/c1-2-3-4-5-14-11-18-16(19-12-14)15-8-6-13(10-17)7-9-15/h6,14-16H,2-5,7-12H2,1H3. The molecule has 1 atom stereocenters. The van der Waals surface area contributed by atoms with Crippen LogP contribution < -0.4 is 0 Å². The average Bonchev–Trinajstić information content (AvgIpc) is 2.48. The van der Waals surface area contributed by atoms with Crippen molar-refractivity contribution in [2.45, 2.75) is 58.2 Å². The fraction of sp³-hybridized carbons (Fsp3) is 0.875. The molecule has 2 aliphatic rings. The molecule has 2 nitrogen and oxygen atoms in total. The zero-order valence-corrected chi connectivity index (χ0v) is 12.1. The van der Waals surface area contributed by atoms with Gasteiger partial charge in [-0.2, -0.15) is 0 Å². The molecule has 0 spiro atoms. The Balaban J connectivity index is 1.67. The van der Waals surface area contributed by atoms with Crippen LogP contribution in [0.2, 0.25) is 0 Å². The van der Waals surface area contributed by atoms with Gasteiger partial charge < -0.3 is 9.47 Å². The molecule has 0 radical (unpaired) electrons.